The first-order valence-electron chi connectivity index (χ1n) is 3.88. The molecule has 0 amide bonds. The van der Waals surface area contributed by atoms with E-state index in [0.717, 1.165) is 4.47 Å². The van der Waals surface area contributed by atoms with E-state index in [4.69, 9.17) is 16.3 Å². The predicted octanol–water partition coefficient (Wildman–Crippen LogP) is 2.72. The summed E-state index contributed by atoms with van der Waals surface area (Å²) in [6.45, 7) is 4.60. The number of ether oxygens (including phenoxy) is 1. The Balaban J connectivity index is 2.80. The topological polar surface area (TPSA) is 27.1 Å². The number of halogens is 2. The highest BCUT2D eigenvalue weighted by molar-refractivity contribution is 9.10. The lowest BCUT2D eigenvalue weighted by atomic mass is 10.1. The zero-order chi connectivity index (χ0) is 10.1. The molecule has 0 aliphatic heterocycles. The van der Waals surface area contributed by atoms with Crippen LogP contribution in [0.15, 0.2) is 10.7 Å². The second kappa shape index (κ2) is 3.98. The van der Waals surface area contributed by atoms with E-state index in [-0.39, 0.29) is 5.60 Å². The molecule has 1 heterocycles. The smallest absolute Gasteiger partial charge is 0.141 e. The summed E-state index contributed by atoms with van der Waals surface area (Å²) in [5.74, 6) is 0. The Morgan fingerprint density at radius 1 is 1.69 bits per heavy atom. The van der Waals surface area contributed by atoms with Crippen LogP contribution in [0.2, 0.25) is 5.15 Å². The van der Waals surface area contributed by atoms with Gasteiger partial charge < -0.3 is 4.74 Å². The van der Waals surface area contributed by atoms with E-state index in [1.165, 1.54) is 0 Å². The summed E-state index contributed by atoms with van der Waals surface area (Å²) in [5.41, 5.74) is -0.255. The largest absolute Gasteiger partial charge is 0.377 e. The van der Waals surface area contributed by atoms with E-state index in [9.17, 15) is 0 Å². The minimum absolute atomic E-state index is 0.255. The molecule has 0 saturated heterocycles. The van der Waals surface area contributed by atoms with Gasteiger partial charge in [-0.3, -0.25) is 0 Å². The fraction of sp³-hybridized carbons (Fsp3) is 0.625. The molecule has 0 aromatic carbocycles. The summed E-state index contributed by atoms with van der Waals surface area (Å²) in [5, 5.41) is 4.71. The van der Waals surface area contributed by atoms with Crippen LogP contribution in [-0.4, -0.2) is 22.5 Å². The van der Waals surface area contributed by atoms with E-state index < -0.39 is 0 Å². The Kier molecular flexibility index (Phi) is 3.38. The highest BCUT2D eigenvalue weighted by Crippen LogP contribution is 2.23. The lowest BCUT2D eigenvalue weighted by molar-refractivity contribution is 0.00547. The van der Waals surface area contributed by atoms with Crippen molar-refractivity contribution in [2.24, 2.45) is 0 Å². The van der Waals surface area contributed by atoms with Crippen LogP contribution in [0, 0.1) is 0 Å². The molecule has 0 fully saturated rings. The standard InChI is InChI=1S/C8H12BrClN2O/c1-8(2,13-3)5-12-7(10)6(9)4-11-12/h4H,5H2,1-3H3. The fourth-order valence-electron chi connectivity index (χ4n) is 0.883. The Bertz CT molecular complexity index is 298. The van der Waals surface area contributed by atoms with E-state index in [2.05, 4.69) is 21.0 Å². The molecule has 1 aromatic rings. The molecule has 1 rings (SSSR count). The molecule has 0 aliphatic rings. The van der Waals surface area contributed by atoms with Crippen LogP contribution < -0.4 is 0 Å². The molecule has 0 spiro atoms. The highest BCUT2D eigenvalue weighted by atomic mass is 79.9. The highest BCUT2D eigenvalue weighted by Gasteiger charge is 2.19. The van der Waals surface area contributed by atoms with Crippen molar-refractivity contribution in [3.8, 4) is 0 Å². The first kappa shape index (κ1) is 11.0. The molecule has 0 bridgehead atoms. The van der Waals surface area contributed by atoms with Crippen molar-refractivity contribution >= 4 is 27.5 Å². The molecule has 0 aliphatic carbocycles. The lowest BCUT2D eigenvalue weighted by Gasteiger charge is -2.22. The fourth-order valence-corrected chi connectivity index (χ4v) is 1.33. The second-order valence-electron chi connectivity index (χ2n) is 3.40. The van der Waals surface area contributed by atoms with Crippen LogP contribution in [0.3, 0.4) is 0 Å². The zero-order valence-electron chi connectivity index (χ0n) is 7.84. The van der Waals surface area contributed by atoms with Crippen molar-refractivity contribution in [1.29, 1.82) is 0 Å². The SMILES string of the molecule is COC(C)(C)Cn1ncc(Br)c1Cl. The van der Waals surface area contributed by atoms with Gasteiger partial charge in [0.25, 0.3) is 0 Å². The summed E-state index contributed by atoms with van der Waals surface area (Å²) in [4.78, 5) is 0. The number of nitrogens with zero attached hydrogens (tertiary/aromatic N) is 2. The van der Waals surface area contributed by atoms with Gasteiger partial charge in [-0.25, -0.2) is 4.68 Å². The van der Waals surface area contributed by atoms with Crippen LogP contribution in [0.1, 0.15) is 13.8 Å². The van der Waals surface area contributed by atoms with Gasteiger partial charge in [0.05, 0.1) is 22.8 Å². The quantitative estimate of drug-likeness (QED) is 0.842. The van der Waals surface area contributed by atoms with Gasteiger partial charge in [-0.15, -0.1) is 0 Å². The van der Waals surface area contributed by atoms with Gasteiger partial charge in [0.2, 0.25) is 0 Å². The number of hydrogen-bond acceptors (Lipinski definition) is 2. The van der Waals surface area contributed by atoms with E-state index in [1.807, 2.05) is 13.8 Å². The van der Waals surface area contributed by atoms with Crippen molar-refractivity contribution in [1.82, 2.24) is 9.78 Å². The van der Waals surface area contributed by atoms with E-state index >= 15 is 0 Å². The van der Waals surface area contributed by atoms with E-state index in [1.54, 1.807) is 18.0 Å². The van der Waals surface area contributed by atoms with Gasteiger partial charge in [0, 0.05) is 7.11 Å². The molecule has 0 unspecified atom stereocenters. The van der Waals surface area contributed by atoms with Crippen LogP contribution in [-0.2, 0) is 11.3 Å². The van der Waals surface area contributed by atoms with Crippen molar-refractivity contribution in [2.75, 3.05) is 7.11 Å². The molecular formula is C8H12BrClN2O. The second-order valence-corrected chi connectivity index (χ2v) is 4.62. The van der Waals surface area contributed by atoms with Crippen LogP contribution >= 0.6 is 27.5 Å². The Labute approximate surface area is 91.1 Å². The van der Waals surface area contributed by atoms with Crippen molar-refractivity contribution in [3.63, 3.8) is 0 Å². The average Bonchev–Trinajstić information content (AvgIpc) is 2.36. The number of aromatic nitrogens is 2. The minimum Gasteiger partial charge on any atom is -0.377 e. The maximum Gasteiger partial charge on any atom is 0.141 e. The third kappa shape index (κ3) is 2.69. The predicted molar refractivity (Wildman–Crippen MR) is 56.0 cm³/mol. The number of hydrogen-bond donors (Lipinski definition) is 0. The molecule has 0 saturated carbocycles. The first-order valence-corrected chi connectivity index (χ1v) is 5.05. The Hall–Kier alpha value is -0.0600. The first-order chi connectivity index (χ1) is 5.96. The molecule has 5 heteroatoms. The third-order valence-corrected chi connectivity index (χ3v) is 3.02. The van der Waals surface area contributed by atoms with Gasteiger partial charge in [0.1, 0.15) is 5.15 Å². The lowest BCUT2D eigenvalue weighted by Crippen LogP contribution is -2.29. The summed E-state index contributed by atoms with van der Waals surface area (Å²) in [6.07, 6.45) is 1.67. The van der Waals surface area contributed by atoms with Gasteiger partial charge in [-0.2, -0.15) is 5.10 Å². The summed E-state index contributed by atoms with van der Waals surface area (Å²) in [7, 11) is 1.67. The maximum absolute atomic E-state index is 5.97. The molecule has 0 atom stereocenters. The zero-order valence-corrected chi connectivity index (χ0v) is 10.2. The molecule has 0 radical (unpaired) electrons. The Morgan fingerprint density at radius 2 is 2.31 bits per heavy atom. The van der Waals surface area contributed by atoms with Crippen molar-refractivity contribution in [3.05, 3.63) is 15.8 Å². The van der Waals surface area contributed by atoms with Gasteiger partial charge >= 0.3 is 0 Å². The van der Waals surface area contributed by atoms with Crippen LogP contribution in [0.25, 0.3) is 0 Å². The van der Waals surface area contributed by atoms with Crippen molar-refractivity contribution < 1.29 is 4.74 Å². The summed E-state index contributed by atoms with van der Waals surface area (Å²) < 4.78 is 7.78. The Morgan fingerprint density at radius 3 is 2.69 bits per heavy atom. The monoisotopic (exact) mass is 266 g/mol. The van der Waals surface area contributed by atoms with Crippen molar-refractivity contribution in [2.45, 2.75) is 26.0 Å². The average molecular weight is 268 g/mol. The number of rotatable bonds is 3. The van der Waals surface area contributed by atoms with E-state index in [0.29, 0.717) is 11.7 Å². The van der Waals surface area contributed by atoms with Crippen LogP contribution in [0.4, 0.5) is 0 Å². The summed E-state index contributed by atoms with van der Waals surface area (Å²) >= 11 is 9.26. The van der Waals surface area contributed by atoms with Gasteiger partial charge in [-0.1, -0.05) is 11.6 Å². The number of methoxy groups -OCH3 is 1. The molecule has 3 nitrogen and oxygen atoms in total. The maximum atomic E-state index is 5.97. The minimum atomic E-state index is -0.255. The third-order valence-electron chi connectivity index (χ3n) is 1.82. The van der Waals surface area contributed by atoms with Gasteiger partial charge in [-0.05, 0) is 29.8 Å². The molecule has 1 aromatic heterocycles. The molecular weight excluding hydrogens is 255 g/mol. The molecule has 13 heavy (non-hydrogen) atoms. The van der Waals surface area contributed by atoms with Crippen LogP contribution in [0.5, 0.6) is 0 Å². The molecule has 0 N–H and O–H groups in total. The normalized spacial score (nSPS) is 12.1. The van der Waals surface area contributed by atoms with Gasteiger partial charge in [0.15, 0.2) is 0 Å². The molecule has 74 valence electrons. The summed E-state index contributed by atoms with van der Waals surface area (Å²) in [6, 6.07) is 0.